The SMILES string of the molecule is COc1cccc(C2CN(Cc3n[nH]c4c3COCC4)CCN2)c1. The minimum atomic E-state index is 0.319. The van der Waals surface area contributed by atoms with Crippen LogP contribution >= 0.6 is 0 Å². The van der Waals surface area contributed by atoms with Crippen LogP contribution in [0.25, 0.3) is 0 Å². The van der Waals surface area contributed by atoms with Gasteiger partial charge >= 0.3 is 0 Å². The lowest BCUT2D eigenvalue weighted by Crippen LogP contribution is -2.45. The number of methoxy groups -OCH3 is 1. The van der Waals surface area contributed by atoms with Crippen LogP contribution in [0, 0.1) is 0 Å². The number of fused-ring (bicyclic) bond motifs is 1. The number of benzene rings is 1. The Bertz CT molecular complexity index is 700. The van der Waals surface area contributed by atoms with E-state index in [4.69, 9.17) is 9.47 Å². The normalized spacial score (nSPS) is 21.5. The molecule has 1 fully saturated rings. The first-order chi connectivity index (χ1) is 11.8. The predicted octanol–water partition coefficient (Wildman–Crippen LogP) is 1.64. The third kappa shape index (κ3) is 3.17. The molecule has 24 heavy (non-hydrogen) atoms. The van der Waals surface area contributed by atoms with Crippen molar-refractivity contribution in [1.29, 1.82) is 0 Å². The number of piperazine rings is 1. The minimum absolute atomic E-state index is 0.319. The van der Waals surface area contributed by atoms with Crippen LogP contribution in [0.1, 0.15) is 28.6 Å². The highest BCUT2D eigenvalue weighted by molar-refractivity contribution is 5.31. The molecule has 0 spiro atoms. The van der Waals surface area contributed by atoms with Crippen molar-refractivity contribution < 1.29 is 9.47 Å². The van der Waals surface area contributed by atoms with Gasteiger partial charge in [0.05, 0.1) is 26.0 Å². The number of nitrogens with zero attached hydrogens (tertiary/aromatic N) is 2. The molecule has 1 saturated heterocycles. The average molecular weight is 328 g/mol. The summed E-state index contributed by atoms with van der Waals surface area (Å²) in [6.07, 6.45) is 0.941. The quantitative estimate of drug-likeness (QED) is 0.893. The molecule has 1 aromatic heterocycles. The molecule has 3 heterocycles. The van der Waals surface area contributed by atoms with Crippen molar-refractivity contribution in [3.63, 3.8) is 0 Å². The second kappa shape index (κ2) is 6.93. The molecule has 6 heteroatoms. The summed E-state index contributed by atoms with van der Waals surface area (Å²) in [5, 5.41) is 11.3. The van der Waals surface area contributed by atoms with Gasteiger partial charge in [-0.05, 0) is 17.7 Å². The van der Waals surface area contributed by atoms with Crippen LogP contribution in [0.15, 0.2) is 24.3 Å². The van der Waals surface area contributed by atoms with Crippen LogP contribution in [0.3, 0.4) is 0 Å². The molecule has 0 amide bonds. The Hall–Kier alpha value is -1.89. The number of ether oxygens (including phenoxy) is 2. The maximum absolute atomic E-state index is 5.60. The molecule has 2 N–H and O–H groups in total. The van der Waals surface area contributed by atoms with Gasteiger partial charge < -0.3 is 14.8 Å². The van der Waals surface area contributed by atoms with E-state index in [0.717, 1.165) is 50.7 Å². The smallest absolute Gasteiger partial charge is 0.119 e. The molecule has 0 saturated carbocycles. The number of rotatable bonds is 4. The zero-order valence-corrected chi connectivity index (χ0v) is 14.0. The second-order valence-electron chi connectivity index (χ2n) is 6.45. The van der Waals surface area contributed by atoms with E-state index < -0.39 is 0 Å². The molecular formula is C18H24N4O2. The van der Waals surface area contributed by atoms with Gasteiger partial charge in [0, 0.05) is 49.9 Å². The van der Waals surface area contributed by atoms with Gasteiger partial charge in [-0.2, -0.15) is 5.10 Å². The van der Waals surface area contributed by atoms with Crippen LogP contribution in [-0.4, -0.2) is 48.4 Å². The molecule has 0 aliphatic carbocycles. The minimum Gasteiger partial charge on any atom is -0.497 e. The van der Waals surface area contributed by atoms with Crippen molar-refractivity contribution in [2.75, 3.05) is 33.4 Å². The lowest BCUT2D eigenvalue weighted by atomic mass is 10.0. The van der Waals surface area contributed by atoms with Crippen molar-refractivity contribution in [2.24, 2.45) is 0 Å². The van der Waals surface area contributed by atoms with Crippen molar-refractivity contribution >= 4 is 0 Å². The first-order valence-electron chi connectivity index (χ1n) is 8.56. The summed E-state index contributed by atoms with van der Waals surface area (Å²) in [7, 11) is 1.71. The summed E-state index contributed by atoms with van der Waals surface area (Å²) in [4.78, 5) is 2.46. The molecule has 1 unspecified atom stereocenters. The van der Waals surface area contributed by atoms with Crippen molar-refractivity contribution in [3.05, 3.63) is 46.8 Å². The van der Waals surface area contributed by atoms with E-state index in [2.05, 4.69) is 38.6 Å². The summed E-state index contributed by atoms with van der Waals surface area (Å²) >= 11 is 0. The largest absolute Gasteiger partial charge is 0.497 e. The maximum Gasteiger partial charge on any atom is 0.119 e. The first-order valence-corrected chi connectivity index (χ1v) is 8.56. The maximum atomic E-state index is 5.60. The summed E-state index contributed by atoms with van der Waals surface area (Å²) < 4.78 is 10.9. The Morgan fingerprint density at radius 1 is 1.42 bits per heavy atom. The number of hydrogen-bond donors (Lipinski definition) is 2. The number of hydrogen-bond acceptors (Lipinski definition) is 5. The Labute approximate surface area is 142 Å². The average Bonchev–Trinajstić information content (AvgIpc) is 3.05. The first kappa shape index (κ1) is 15.6. The van der Waals surface area contributed by atoms with Crippen LogP contribution in [0.4, 0.5) is 0 Å². The van der Waals surface area contributed by atoms with Gasteiger partial charge in [0.1, 0.15) is 5.75 Å². The topological polar surface area (TPSA) is 62.4 Å². The van der Waals surface area contributed by atoms with Gasteiger partial charge in [-0.15, -0.1) is 0 Å². The van der Waals surface area contributed by atoms with E-state index in [-0.39, 0.29) is 0 Å². The summed E-state index contributed by atoms with van der Waals surface area (Å²) in [6.45, 7) is 5.33. The molecule has 0 bridgehead atoms. The predicted molar refractivity (Wildman–Crippen MR) is 91.0 cm³/mol. The molecular weight excluding hydrogens is 304 g/mol. The van der Waals surface area contributed by atoms with Crippen LogP contribution in [-0.2, 0) is 24.3 Å². The molecule has 2 aromatic rings. The molecule has 1 aromatic carbocycles. The zero-order valence-electron chi connectivity index (χ0n) is 14.0. The summed E-state index contributed by atoms with van der Waals surface area (Å²) in [5.74, 6) is 0.907. The van der Waals surface area contributed by atoms with Gasteiger partial charge in [0.2, 0.25) is 0 Å². The van der Waals surface area contributed by atoms with Crippen LogP contribution in [0.5, 0.6) is 5.75 Å². The lowest BCUT2D eigenvalue weighted by Gasteiger charge is -2.34. The van der Waals surface area contributed by atoms with Gasteiger partial charge in [-0.1, -0.05) is 12.1 Å². The number of nitrogens with one attached hydrogen (secondary N) is 2. The highest BCUT2D eigenvalue weighted by Crippen LogP contribution is 2.24. The lowest BCUT2D eigenvalue weighted by molar-refractivity contribution is 0.108. The Morgan fingerprint density at radius 2 is 2.38 bits per heavy atom. The van der Waals surface area contributed by atoms with E-state index >= 15 is 0 Å². The standard InChI is InChI=1S/C18H24N4O2/c1-23-14-4-2-3-13(9-14)17-10-22(7-6-19-17)11-18-15-12-24-8-5-16(15)20-21-18/h2-4,9,17,19H,5-8,10-12H2,1H3,(H,20,21). The Balaban J connectivity index is 1.46. The van der Waals surface area contributed by atoms with Crippen molar-refractivity contribution in [1.82, 2.24) is 20.4 Å². The van der Waals surface area contributed by atoms with E-state index in [1.54, 1.807) is 7.11 Å². The molecule has 4 rings (SSSR count). The zero-order chi connectivity index (χ0) is 16.4. The number of aromatic nitrogens is 2. The molecule has 2 aliphatic rings. The second-order valence-corrected chi connectivity index (χ2v) is 6.45. The van der Waals surface area contributed by atoms with Gasteiger partial charge in [-0.25, -0.2) is 0 Å². The van der Waals surface area contributed by atoms with Gasteiger partial charge in [-0.3, -0.25) is 10.00 Å². The molecule has 6 nitrogen and oxygen atoms in total. The fourth-order valence-corrected chi connectivity index (χ4v) is 3.55. The highest BCUT2D eigenvalue weighted by Gasteiger charge is 2.24. The monoisotopic (exact) mass is 328 g/mol. The Morgan fingerprint density at radius 3 is 3.29 bits per heavy atom. The number of H-pyrrole nitrogens is 1. The highest BCUT2D eigenvalue weighted by atomic mass is 16.5. The van der Waals surface area contributed by atoms with Gasteiger partial charge in [0.15, 0.2) is 0 Å². The molecule has 2 aliphatic heterocycles. The van der Waals surface area contributed by atoms with E-state index in [9.17, 15) is 0 Å². The molecule has 128 valence electrons. The molecule has 1 atom stereocenters. The van der Waals surface area contributed by atoms with Crippen LogP contribution < -0.4 is 10.1 Å². The fraction of sp³-hybridized carbons (Fsp3) is 0.500. The van der Waals surface area contributed by atoms with Crippen LogP contribution in [0.2, 0.25) is 0 Å². The summed E-state index contributed by atoms with van der Waals surface area (Å²) in [6, 6.07) is 8.63. The third-order valence-electron chi connectivity index (χ3n) is 4.91. The Kier molecular flexibility index (Phi) is 4.51. The van der Waals surface area contributed by atoms with Crippen molar-refractivity contribution in [2.45, 2.75) is 25.6 Å². The van der Waals surface area contributed by atoms with E-state index in [1.165, 1.54) is 16.8 Å². The third-order valence-corrected chi connectivity index (χ3v) is 4.91. The van der Waals surface area contributed by atoms with E-state index in [1.807, 2.05) is 6.07 Å². The van der Waals surface area contributed by atoms with Gasteiger partial charge in [0.25, 0.3) is 0 Å². The van der Waals surface area contributed by atoms with Crippen molar-refractivity contribution in [3.8, 4) is 5.75 Å². The van der Waals surface area contributed by atoms with E-state index in [0.29, 0.717) is 12.6 Å². The summed E-state index contributed by atoms with van der Waals surface area (Å²) in [5.41, 5.74) is 4.91. The number of aromatic amines is 1. The fourth-order valence-electron chi connectivity index (χ4n) is 3.55. The molecule has 0 radical (unpaired) electrons.